The molecule has 1 aromatic heterocycles. The van der Waals surface area contributed by atoms with Crippen molar-refractivity contribution in [1.29, 1.82) is 5.26 Å². The Hall–Kier alpha value is -2.12. The lowest BCUT2D eigenvalue weighted by Crippen LogP contribution is -1.98. The maximum Gasteiger partial charge on any atom is 0.181 e. The van der Waals surface area contributed by atoms with Crippen LogP contribution in [0.1, 0.15) is 11.3 Å². The molecule has 0 saturated heterocycles. The topological polar surface area (TPSA) is 75.8 Å². The van der Waals surface area contributed by atoms with E-state index in [0.29, 0.717) is 23.6 Å². The third-order valence-electron chi connectivity index (χ3n) is 2.09. The number of nitrogens with two attached hydrogens (primary N) is 1. The van der Waals surface area contributed by atoms with Crippen LogP contribution in [0.15, 0.2) is 35.1 Å². The monoisotopic (exact) mass is 199 g/mol. The number of oxazole rings is 1. The summed E-state index contributed by atoms with van der Waals surface area (Å²) in [7, 11) is 0. The van der Waals surface area contributed by atoms with Crippen molar-refractivity contribution in [1.82, 2.24) is 4.98 Å². The van der Waals surface area contributed by atoms with Crippen LogP contribution in [0, 0.1) is 11.3 Å². The van der Waals surface area contributed by atoms with E-state index in [0.717, 1.165) is 5.56 Å². The summed E-state index contributed by atoms with van der Waals surface area (Å²) >= 11 is 0. The molecule has 15 heavy (non-hydrogen) atoms. The van der Waals surface area contributed by atoms with Gasteiger partial charge in [-0.05, 0) is 12.1 Å². The first-order valence-electron chi connectivity index (χ1n) is 4.48. The summed E-state index contributed by atoms with van der Waals surface area (Å²) < 4.78 is 5.24. The second-order valence-electron chi connectivity index (χ2n) is 3.02. The molecule has 1 aromatic carbocycles. The van der Waals surface area contributed by atoms with Gasteiger partial charge in [0.25, 0.3) is 0 Å². The molecule has 0 radical (unpaired) electrons. The van der Waals surface area contributed by atoms with Crippen LogP contribution >= 0.6 is 0 Å². The van der Waals surface area contributed by atoms with Gasteiger partial charge in [0.1, 0.15) is 5.69 Å². The maximum absolute atomic E-state index is 8.77. The van der Waals surface area contributed by atoms with Gasteiger partial charge in [-0.1, -0.05) is 12.1 Å². The molecule has 0 saturated carbocycles. The molecule has 4 heteroatoms. The average molecular weight is 199 g/mol. The largest absolute Gasteiger partial charge is 0.443 e. The molecule has 74 valence electrons. The Morgan fingerprint density at radius 2 is 2.33 bits per heavy atom. The number of aromatic nitrogens is 1. The van der Waals surface area contributed by atoms with Gasteiger partial charge in [-0.15, -0.1) is 0 Å². The minimum absolute atomic E-state index is 0.322. The lowest BCUT2D eigenvalue weighted by molar-refractivity contribution is 0.571. The highest BCUT2D eigenvalue weighted by Gasteiger charge is 2.09. The van der Waals surface area contributed by atoms with Crippen LogP contribution in [-0.2, 0) is 6.54 Å². The predicted molar refractivity (Wildman–Crippen MR) is 54.5 cm³/mol. The third-order valence-corrected chi connectivity index (χ3v) is 2.09. The number of hydrogen-bond donors (Lipinski definition) is 1. The molecule has 2 rings (SSSR count). The Morgan fingerprint density at radius 1 is 1.47 bits per heavy atom. The molecule has 0 spiro atoms. The Balaban J connectivity index is 2.50. The van der Waals surface area contributed by atoms with Crippen LogP contribution in [0.3, 0.4) is 0 Å². The smallest absolute Gasteiger partial charge is 0.181 e. The van der Waals surface area contributed by atoms with E-state index in [2.05, 4.69) is 11.1 Å². The SMILES string of the molecule is N#Cc1cccc(-c2ocnc2CN)c1. The molecule has 4 nitrogen and oxygen atoms in total. The van der Waals surface area contributed by atoms with Crippen molar-refractivity contribution in [2.45, 2.75) is 6.54 Å². The maximum atomic E-state index is 8.77. The normalized spacial score (nSPS) is 9.87. The molecule has 0 aliphatic carbocycles. The molecule has 0 aliphatic heterocycles. The minimum Gasteiger partial charge on any atom is -0.443 e. The van der Waals surface area contributed by atoms with Gasteiger partial charge in [-0.2, -0.15) is 5.26 Å². The van der Waals surface area contributed by atoms with E-state index < -0.39 is 0 Å². The van der Waals surface area contributed by atoms with E-state index in [1.54, 1.807) is 18.2 Å². The molecule has 1 heterocycles. The number of hydrogen-bond acceptors (Lipinski definition) is 4. The zero-order chi connectivity index (χ0) is 10.7. The van der Waals surface area contributed by atoms with Gasteiger partial charge in [0.15, 0.2) is 12.2 Å². The van der Waals surface area contributed by atoms with Gasteiger partial charge in [0.2, 0.25) is 0 Å². The Labute approximate surface area is 87.0 Å². The third kappa shape index (κ3) is 1.73. The van der Waals surface area contributed by atoms with Gasteiger partial charge in [-0.25, -0.2) is 4.98 Å². The summed E-state index contributed by atoms with van der Waals surface area (Å²) in [6.07, 6.45) is 1.36. The number of rotatable bonds is 2. The highest BCUT2D eigenvalue weighted by Crippen LogP contribution is 2.23. The summed E-state index contributed by atoms with van der Waals surface area (Å²) in [6.45, 7) is 0.322. The molecule has 0 unspecified atom stereocenters. The number of nitrogens with zero attached hydrogens (tertiary/aromatic N) is 2. The summed E-state index contributed by atoms with van der Waals surface area (Å²) in [5.74, 6) is 0.634. The van der Waals surface area contributed by atoms with Gasteiger partial charge >= 0.3 is 0 Å². The standard InChI is InChI=1S/C11H9N3O/c12-5-8-2-1-3-9(4-8)11-10(6-13)14-7-15-11/h1-4,7H,6,13H2. The van der Waals surface area contributed by atoms with Crippen molar-refractivity contribution in [2.75, 3.05) is 0 Å². The first-order chi connectivity index (χ1) is 7.35. The van der Waals surface area contributed by atoms with E-state index in [1.807, 2.05) is 6.07 Å². The summed E-state index contributed by atoms with van der Waals surface area (Å²) in [6, 6.07) is 9.23. The molecular formula is C11H9N3O. The summed E-state index contributed by atoms with van der Waals surface area (Å²) in [4.78, 5) is 3.99. The van der Waals surface area contributed by atoms with Crippen molar-refractivity contribution in [2.24, 2.45) is 5.73 Å². The Morgan fingerprint density at radius 3 is 3.07 bits per heavy atom. The van der Waals surface area contributed by atoms with Gasteiger partial charge < -0.3 is 10.2 Å². The lowest BCUT2D eigenvalue weighted by atomic mass is 10.1. The van der Waals surface area contributed by atoms with E-state index in [-0.39, 0.29) is 0 Å². The molecule has 2 aromatic rings. The van der Waals surface area contributed by atoms with Crippen molar-refractivity contribution < 1.29 is 4.42 Å². The molecular weight excluding hydrogens is 190 g/mol. The second-order valence-corrected chi connectivity index (χ2v) is 3.02. The Kier molecular flexibility index (Phi) is 2.48. The van der Waals surface area contributed by atoms with Crippen LogP contribution in [0.2, 0.25) is 0 Å². The van der Waals surface area contributed by atoms with Crippen molar-refractivity contribution in [3.05, 3.63) is 41.9 Å². The number of benzene rings is 1. The van der Waals surface area contributed by atoms with Crippen molar-refractivity contribution >= 4 is 0 Å². The summed E-state index contributed by atoms with van der Waals surface area (Å²) in [5.41, 5.74) is 7.63. The van der Waals surface area contributed by atoms with Gasteiger partial charge in [0, 0.05) is 12.1 Å². The summed E-state index contributed by atoms with van der Waals surface area (Å²) in [5, 5.41) is 8.77. The van der Waals surface area contributed by atoms with E-state index in [9.17, 15) is 0 Å². The molecule has 0 amide bonds. The molecule has 2 N–H and O–H groups in total. The number of nitriles is 1. The highest BCUT2D eigenvalue weighted by molar-refractivity contribution is 5.61. The van der Waals surface area contributed by atoms with Crippen LogP contribution < -0.4 is 5.73 Å². The average Bonchev–Trinajstić information content (AvgIpc) is 2.77. The Bertz CT molecular complexity index is 511. The first kappa shape index (κ1) is 9.44. The predicted octanol–water partition coefficient (Wildman–Crippen LogP) is 1.67. The second kappa shape index (κ2) is 3.95. The van der Waals surface area contributed by atoms with Crippen LogP contribution in [-0.4, -0.2) is 4.98 Å². The highest BCUT2D eigenvalue weighted by atomic mass is 16.3. The van der Waals surface area contributed by atoms with E-state index in [4.69, 9.17) is 15.4 Å². The fourth-order valence-electron chi connectivity index (χ4n) is 1.38. The van der Waals surface area contributed by atoms with Crippen LogP contribution in [0.25, 0.3) is 11.3 Å². The lowest BCUT2D eigenvalue weighted by Gasteiger charge is -1.98. The molecule has 0 fully saturated rings. The van der Waals surface area contributed by atoms with Gasteiger partial charge in [-0.3, -0.25) is 0 Å². The van der Waals surface area contributed by atoms with Crippen LogP contribution in [0.4, 0.5) is 0 Å². The quantitative estimate of drug-likeness (QED) is 0.798. The van der Waals surface area contributed by atoms with Crippen molar-refractivity contribution in [3.63, 3.8) is 0 Å². The first-order valence-corrected chi connectivity index (χ1v) is 4.48. The van der Waals surface area contributed by atoms with E-state index in [1.165, 1.54) is 6.39 Å². The minimum atomic E-state index is 0.322. The zero-order valence-electron chi connectivity index (χ0n) is 7.97. The zero-order valence-corrected chi connectivity index (χ0v) is 7.97. The fourth-order valence-corrected chi connectivity index (χ4v) is 1.38. The molecule has 0 aliphatic rings. The van der Waals surface area contributed by atoms with Crippen LogP contribution in [0.5, 0.6) is 0 Å². The van der Waals surface area contributed by atoms with E-state index >= 15 is 0 Å². The molecule has 0 atom stereocenters. The molecule has 0 bridgehead atoms. The fraction of sp³-hybridized carbons (Fsp3) is 0.0909. The van der Waals surface area contributed by atoms with Gasteiger partial charge in [0.05, 0.1) is 11.6 Å². The van der Waals surface area contributed by atoms with Crippen molar-refractivity contribution in [3.8, 4) is 17.4 Å².